The van der Waals surface area contributed by atoms with Gasteiger partial charge in [0.15, 0.2) is 0 Å². The summed E-state index contributed by atoms with van der Waals surface area (Å²) in [6.07, 6.45) is 0. The molecular weight excluding hydrogens is 368 g/mol. The van der Waals surface area contributed by atoms with Gasteiger partial charge in [0.1, 0.15) is 11.4 Å². The van der Waals surface area contributed by atoms with E-state index in [9.17, 15) is 14.4 Å². The molecule has 29 heavy (non-hydrogen) atoms. The van der Waals surface area contributed by atoms with E-state index >= 15 is 0 Å². The number of carbonyl (C=O) groups is 3. The maximum Gasteiger partial charge on any atom is 0.274 e. The molecular formula is C22H20N4O3. The van der Waals surface area contributed by atoms with Gasteiger partial charge < -0.3 is 16.0 Å². The highest BCUT2D eigenvalue weighted by atomic mass is 16.2. The lowest BCUT2D eigenvalue weighted by atomic mass is 10.2. The summed E-state index contributed by atoms with van der Waals surface area (Å²) in [5.41, 5.74) is 2.44. The SMILES string of the molecule is CC(=O)Nc1ccc(NC(=O)c2cccc(C(=O)NCc3ccccc3)n2)cc1. The molecule has 0 unspecified atom stereocenters. The summed E-state index contributed by atoms with van der Waals surface area (Å²) in [6.45, 7) is 1.79. The van der Waals surface area contributed by atoms with Gasteiger partial charge in [-0.3, -0.25) is 14.4 Å². The number of aromatic nitrogens is 1. The topological polar surface area (TPSA) is 100 Å². The number of nitrogens with zero attached hydrogens (tertiary/aromatic N) is 1. The van der Waals surface area contributed by atoms with Gasteiger partial charge in [-0.1, -0.05) is 36.4 Å². The van der Waals surface area contributed by atoms with E-state index < -0.39 is 5.91 Å². The molecule has 0 bridgehead atoms. The first-order valence-electron chi connectivity index (χ1n) is 8.99. The lowest BCUT2D eigenvalue weighted by Gasteiger charge is -2.08. The molecule has 0 saturated heterocycles. The van der Waals surface area contributed by atoms with Crippen molar-refractivity contribution in [2.45, 2.75) is 13.5 Å². The molecule has 0 radical (unpaired) electrons. The molecule has 3 aromatic rings. The number of pyridine rings is 1. The second kappa shape index (κ2) is 9.27. The van der Waals surface area contributed by atoms with Crippen LogP contribution in [0.1, 0.15) is 33.5 Å². The molecule has 1 heterocycles. The van der Waals surface area contributed by atoms with Gasteiger partial charge in [0.2, 0.25) is 5.91 Å². The first kappa shape index (κ1) is 19.8. The molecule has 0 fully saturated rings. The minimum absolute atomic E-state index is 0.128. The van der Waals surface area contributed by atoms with Crippen LogP contribution in [0.2, 0.25) is 0 Å². The number of carbonyl (C=O) groups excluding carboxylic acids is 3. The zero-order valence-corrected chi connectivity index (χ0v) is 15.8. The quantitative estimate of drug-likeness (QED) is 0.604. The summed E-state index contributed by atoms with van der Waals surface area (Å²) in [7, 11) is 0. The Hall–Kier alpha value is -4.00. The third-order valence-corrected chi connectivity index (χ3v) is 3.97. The third kappa shape index (κ3) is 5.74. The van der Waals surface area contributed by atoms with Crippen LogP contribution in [-0.2, 0) is 11.3 Å². The lowest BCUT2D eigenvalue weighted by Crippen LogP contribution is -2.25. The van der Waals surface area contributed by atoms with Crippen molar-refractivity contribution in [1.82, 2.24) is 10.3 Å². The van der Waals surface area contributed by atoms with Crippen LogP contribution in [0.3, 0.4) is 0 Å². The molecule has 0 atom stereocenters. The van der Waals surface area contributed by atoms with Crippen molar-refractivity contribution in [1.29, 1.82) is 0 Å². The Morgan fingerprint density at radius 3 is 1.93 bits per heavy atom. The second-order valence-corrected chi connectivity index (χ2v) is 6.29. The fraction of sp³-hybridized carbons (Fsp3) is 0.0909. The Morgan fingerprint density at radius 1 is 0.724 bits per heavy atom. The number of amides is 3. The van der Waals surface area contributed by atoms with Gasteiger partial charge in [-0.15, -0.1) is 0 Å². The number of hydrogen-bond acceptors (Lipinski definition) is 4. The molecule has 3 amide bonds. The number of nitrogens with one attached hydrogen (secondary N) is 3. The van der Waals surface area contributed by atoms with E-state index in [1.165, 1.54) is 13.0 Å². The Bertz CT molecular complexity index is 1020. The zero-order valence-electron chi connectivity index (χ0n) is 15.8. The average molecular weight is 388 g/mol. The normalized spacial score (nSPS) is 10.1. The highest BCUT2D eigenvalue weighted by Gasteiger charge is 2.12. The third-order valence-electron chi connectivity index (χ3n) is 3.97. The van der Waals surface area contributed by atoms with Gasteiger partial charge >= 0.3 is 0 Å². The van der Waals surface area contributed by atoms with E-state index in [-0.39, 0.29) is 23.2 Å². The second-order valence-electron chi connectivity index (χ2n) is 6.29. The van der Waals surface area contributed by atoms with Crippen molar-refractivity contribution in [3.63, 3.8) is 0 Å². The molecule has 0 aliphatic carbocycles. The van der Waals surface area contributed by atoms with Crippen LogP contribution >= 0.6 is 0 Å². The van der Waals surface area contributed by atoms with Crippen molar-refractivity contribution < 1.29 is 14.4 Å². The minimum Gasteiger partial charge on any atom is -0.347 e. The van der Waals surface area contributed by atoms with Gasteiger partial charge in [0, 0.05) is 24.8 Å². The van der Waals surface area contributed by atoms with E-state index in [0.29, 0.717) is 17.9 Å². The fourth-order valence-electron chi connectivity index (χ4n) is 2.59. The van der Waals surface area contributed by atoms with Crippen LogP contribution in [0.5, 0.6) is 0 Å². The maximum absolute atomic E-state index is 12.5. The Kier molecular flexibility index (Phi) is 6.32. The van der Waals surface area contributed by atoms with Crippen LogP contribution in [0.25, 0.3) is 0 Å². The Balaban J connectivity index is 1.62. The van der Waals surface area contributed by atoms with Gasteiger partial charge in [-0.05, 0) is 42.0 Å². The summed E-state index contributed by atoms with van der Waals surface area (Å²) in [5, 5.41) is 8.15. The number of benzene rings is 2. The van der Waals surface area contributed by atoms with E-state index in [0.717, 1.165) is 5.56 Å². The van der Waals surface area contributed by atoms with Crippen LogP contribution in [-0.4, -0.2) is 22.7 Å². The summed E-state index contributed by atoms with van der Waals surface area (Å²) >= 11 is 0. The van der Waals surface area contributed by atoms with Gasteiger partial charge in [-0.25, -0.2) is 4.98 Å². The smallest absolute Gasteiger partial charge is 0.274 e. The van der Waals surface area contributed by atoms with Crippen molar-refractivity contribution in [2.24, 2.45) is 0 Å². The minimum atomic E-state index is -0.435. The molecule has 3 N–H and O–H groups in total. The molecule has 2 aromatic carbocycles. The standard InChI is InChI=1S/C22H20N4O3/c1-15(27)24-17-10-12-18(13-11-17)25-22(29)20-9-5-8-19(26-20)21(28)23-14-16-6-3-2-4-7-16/h2-13H,14H2,1H3,(H,23,28)(H,24,27)(H,25,29). The number of hydrogen-bond donors (Lipinski definition) is 3. The summed E-state index contributed by atoms with van der Waals surface area (Å²) < 4.78 is 0. The van der Waals surface area contributed by atoms with E-state index in [1.807, 2.05) is 30.3 Å². The monoisotopic (exact) mass is 388 g/mol. The summed E-state index contributed by atoms with van der Waals surface area (Å²) in [6, 6.07) is 20.9. The van der Waals surface area contributed by atoms with E-state index in [2.05, 4.69) is 20.9 Å². The van der Waals surface area contributed by atoms with E-state index in [1.54, 1.807) is 36.4 Å². The van der Waals surface area contributed by atoms with Crippen LogP contribution < -0.4 is 16.0 Å². The molecule has 7 nitrogen and oxygen atoms in total. The van der Waals surface area contributed by atoms with Crippen LogP contribution in [0.4, 0.5) is 11.4 Å². The van der Waals surface area contributed by atoms with Crippen molar-refractivity contribution in [3.05, 3.63) is 89.7 Å². The highest BCUT2D eigenvalue weighted by Crippen LogP contribution is 2.14. The Labute approximate surface area is 168 Å². The van der Waals surface area contributed by atoms with Gasteiger partial charge in [0.05, 0.1) is 0 Å². The molecule has 0 aliphatic heterocycles. The first-order chi connectivity index (χ1) is 14.0. The maximum atomic E-state index is 12.5. The first-order valence-corrected chi connectivity index (χ1v) is 8.99. The van der Waals surface area contributed by atoms with Crippen molar-refractivity contribution >= 4 is 29.1 Å². The van der Waals surface area contributed by atoms with Crippen molar-refractivity contribution in [3.8, 4) is 0 Å². The molecule has 0 saturated carbocycles. The summed E-state index contributed by atoms with van der Waals surface area (Å²) in [4.78, 5) is 40.0. The lowest BCUT2D eigenvalue weighted by molar-refractivity contribution is -0.114. The summed E-state index contributed by atoms with van der Waals surface area (Å²) in [5.74, 6) is -0.966. The van der Waals surface area contributed by atoms with E-state index in [4.69, 9.17) is 0 Å². The molecule has 0 aliphatic rings. The average Bonchev–Trinajstić information content (AvgIpc) is 2.74. The van der Waals surface area contributed by atoms with Crippen LogP contribution in [0.15, 0.2) is 72.8 Å². The zero-order chi connectivity index (χ0) is 20.6. The molecule has 0 spiro atoms. The number of rotatable bonds is 6. The molecule has 7 heteroatoms. The fourth-order valence-corrected chi connectivity index (χ4v) is 2.59. The predicted octanol–water partition coefficient (Wildman–Crippen LogP) is 3.22. The van der Waals surface area contributed by atoms with Gasteiger partial charge in [-0.2, -0.15) is 0 Å². The highest BCUT2D eigenvalue weighted by molar-refractivity contribution is 6.04. The predicted molar refractivity (Wildman–Crippen MR) is 111 cm³/mol. The molecule has 3 rings (SSSR count). The largest absolute Gasteiger partial charge is 0.347 e. The van der Waals surface area contributed by atoms with Crippen LogP contribution in [0, 0.1) is 0 Å². The molecule has 146 valence electrons. The molecule has 1 aromatic heterocycles. The Morgan fingerprint density at radius 2 is 1.31 bits per heavy atom. The number of anilines is 2. The van der Waals surface area contributed by atoms with Gasteiger partial charge in [0.25, 0.3) is 11.8 Å². The van der Waals surface area contributed by atoms with Crippen molar-refractivity contribution in [2.75, 3.05) is 10.6 Å².